The van der Waals surface area contributed by atoms with E-state index in [9.17, 15) is 10.2 Å². The van der Waals surface area contributed by atoms with Gasteiger partial charge in [0.25, 0.3) is 0 Å². The Labute approximate surface area is 119 Å². The summed E-state index contributed by atoms with van der Waals surface area (Å²) in [6.45, 7) is 0.548. The minimum absolute atomic E-state index is 0.127. The first-order chi connectivity index (χ1) is 9.17. The molecule has 1 aliphatic rings. The van der Waals surface area contributed by atoms with Gasteiger partial charge in [-0.2, -0.15) is 0 Å². The summed E-state index contributed by atoms with van der Waals surface area (Å²) in [5, 5.41) is 23.8. The Morgan fingerprint density at radius 2 is 1.89 bits per heavy atom. The van der Waals surface area contributed by atoms with Crippen molar-refractivity contribution in [2.75, 3.05) is 13.2 Å². The Hall–Kier alpha value is -0.610. The summed E-state index contributed by atoms with van der Waals surface area (Å²) in [4.78, 5) is 0. The van der Waals surface area contributed by atoms with Gasteiger partial charge in [-0.15, -0.1) is 0 Å². The Morgan fingerprint density at radius 3 is 2.53 bits per heavy atom. The number of hydrogen-bond acceptors (Lipinski definition) is 3. The maximum atomic E-state index is 10.2. The smallest absolute Gasteiger partial charge is 0.0928 e. The highest BCUT2D eigenvalue weighted by molar-refractivity contribution is 6.31. The molecule has 3 N–H and O–H groups in total. The van der Waals surface area contributed by atoms with Crippen molar-refractivity contribution in [3.63, 3.8) is 0 Å². The van der Waals surface area contributed by atoms with E-state index in [2.05, 4.69) is 5.32 Å². The number of rotatable bonds is 5. The van der Waals surface area contributed by atoms with Gasteiger partial charge < -0.3 is 15.5 Å². The van der Waals surface area contributed by atoms with Crippen LogP contribution in [0.2, 0.25) is 5.02 Å². The lowest BCUT2D eigenvalue weighted by atomic mass is 9.82. The second kappa shape index (κ2) is 6.71. The van der Waals surface area contributed by atoms with Crippen LogP contribution in [-0.4, -0.2) is 28.9 Å². The van der Waals surface area contributed by atoms with Gasteiger partial charge >= 0.3 is 0 Å². The highest BCUT2D eigenvalue weighted by Gasteiger charge is 2.31. The summed E-state index contributed by atoms with van der Waals surface area (Å²) in [5.74, 6) is 0. The summed E-state index contributed by atoms with van der Waals surface area (Å²) >= 11 is 6.07. The van der Waals surface area contributed by atoms with Crippen molar-refractivity contribution in [1.82, 2.24) is 5.32 Å². The fourth-order valence-electron chi connectivity index (χ4n) is 2.79. The van der Waals surface area contributed by atoms with Crippen molar-refractivity contribution in [1.29, 1.82) is 0 Å². The predicted octanol–water partition coefficient (Wildman–Crippen LogP) is 2.66. The van der Waals surface area contributed by atoms with Crippen LogP contribution in [0.5, 0.6) is 0 Å². The molecular weight excluding hydrogens is 262 g/mol. The van der Waals surface area contributed by atoms with Crippen LogP contribution in [0.4, 0.5) is 0 Å². The molecule has 1 aromatic carbocycles. The minimum Gasteiger partial charge on any atom is -0.394 e. The summed E-state index contributed by atoms with van der Waals surface area (Å²) in [5.41, 5.74) is 0.515. The van der Waals surface area contributed by atoms with Crippen LogP contribution in [0.1, 0.15) is 43.8 Å². The fraction of sp³-hybridized carbons (Fsp3) is 0.600. The topological polar surface area (TPSA) is 52.5 Å². The summed E-state index contributed by atoms with van der Waals surface area (Å²) in [6, 6.07) is 7.33. The number of aliphatic hydroxyl groups is 2. The molecule has 0 spiro atoms. The van der Waals surface area contributed by atoms with Crippen LogP contribution in [0.15, 0.2) is 24.3 Å². The van der Waals surface area contributed by atoms with Crippen molar-refractivity contribution in [2.45, 2.75) is 43.7 Å². The molecule has 0 aromatic heterocycles. The van der Waals surface area contributed by atoms with Crippen LogP contribution >= 0.6 is 11.6 Å². The lowest BCUT2D eigenvalue weighted by molar-refractivity contribution is 0.0944. The number of β-amino-alcohol motifs (C(OH)–C–C–N with tert-alkyl or cyclic N) is 1. The third-order valence-corrected chi connectivity index (χ3v) is 4.39. The van der Waals surface area contributed by atoms with Crippen LogP contribution in [0.25, 0.3) is 0 Å². The Balaban J connectivity index is 1.95. The van der Waals surface area contributed by atoms with E-state index < -0.39 is 6.10 Å². The number of hydrogen-bond donors (Lipinski definition) is 3. The molecule has 19 heavy (non-hydrogen) atoms. The Bertz CT molecular complexity index is 405. The van der Waals surface area contributed by atoms with Gasteiger partial charge in [0, 0.05) is 22.7 Å². The molecule has 1 atom stereocenters. The molecule has 0 radical (unpaired) electrons. The van der Waals surface area contributed by atoms with Gasteiger partial charge in [-0.25, -0.2) is 0 Å². The Kier molecular flexibility index (Phi) is 5.22. The van der Waals surface area contributed by atoms with Gasteiger partial charge in [0.1, 0.15) is 0 Å². The third kappa shape index (κ3) is 3.69. The number of aliphatic hydroxyl groups excluding tert-OH is 2. The van der Waals surface area contributed by atoms with Gasteiger partial charge in [-0.3, -0.25) is 0 Å². The third-order valence-electron chi connectivity index (χ3n) is 4.05. The van der Waals surface area contributed by atoms with Gasteiger partial charge in [0.15, 0.2) is 0 Å². The largest absolute Gasteiger partial charge is 0.394 e. The zero-order chi connectivity index (χ0) is 13.7. The predicted molar refractivity (Wildman–Crippen MR) is 77.3 cm³/mol. The van der Waals surface area contributed by atoms with E-state index >= 15 is 0 Å². The fourth-order valence-corrected chi connectivity index (χ4v) is 3.05. The molecule has 2 rings (SSSR count). The Morgan fingerprint density at radius 1 is 1.21 bits per heavy atom. The molecule has 3 nitrogen and oxygen atoms in total. The maximum Gasteiger partial charge on any atom is 0.0928 e. The molecule has 106 valence electrons. The second-order valence-electron chi connectivity index (χ2n) is 5.42. The first-order valence-corrected chi connectivity index (χ1v) is 7.33. The van der Waals surface area contributed by atoms with E-state index in [1.807, 2.05) is 18.2 Å². The van der Waals surface area contributed by atoms with E-state index in [1.165, 1.54) is 6.42 Å². The van der Waals surface area contributed by atoms with Crippen LogP contribution in [0.3, 0.4) is 0 Å². The van der Waals surface area contributed by atoms with Gasteiger partial charge in [-0.05, 0) is 18.9 Å². The molecule has 0 saturated heterocycles. The molecule has 1 fully saturated rings. The molecule has 4 heteroatoms. The zero-order valence-corrected chi connectivity index (χ0v) is 11.9. The summed E-state index contributed by atoms with van der Waals surface area (Å²) in [7, 11) is 0. The molecular formula is C15H22ClNO2. The highest BCUT2D eigenvalue weighted by atomic mass is 35.5. The monoisotopic (exact) mass is 283 g/mol. The minimum atomic E-state index is -0.640. The van der Waals surface area contributed by atoms with Crippen molar-refractivity contribution < 1.29 is 10.2 Å². The van der Waals surface area contributed by atoms with E-state index in [1.54, 1.807) is 6.07 Å². The van der Waals surface area contributed by atoms with Crippen LogP contribution in [-0.2, 0) is 0 Å². The normalized spacial score (nSPS) is 20.2. The average molecular weight is 284 g/mol. The van der Waals surface area contributed by atoms with E-state index in [0.717, 1.165) is 31.2 Å². The molecule has 1 aliphatic carbocycles. The van der Waals surface area contributed by atoms with E-state index in [4.69, 9.17) is 11.6 Å². The molecule has 0 heterocycles. The maximum absolute atomic E-state index is 10.2. The second-order valence-corrected chi connectivity index (χ2v) is 5.82. The molecule has 0 bridgehead atoms. The number of halogens is 1. The highest BCUT2D eigenvalue weighted by Crippen LogP contribution is 2.29. The number of nitrogens with one attached hydrogen (secondary N) is 1. The lowest BCUT2D eigenvalue weighted by Crippen LogP contribution is -2.51. The zero-order valence-electron chi connectivity index (χ0n) is 11.1. The molecule has 1 unspecified atom stereocenters. The van der Waals surface area contributed by atoms with Crippen molar-refractivity contribution in [3.8, 4) is 0 Å². The van der Waals surface area contributed by atoms with Crippen molar-refractivity contribution in [2.24, 2.45) is 0 Å². The first kappa shape index (κ1) is 14.8. The molecule has 0 aliphatic heterocycles. The van der Waals surface area contributed by atoms with Crippen molar-refractivity contribution >= 4 is 11.6 Å². The SMILES string of the molecule is OCC1(NCC(O)c2ccccc2Cl)CCCCC1. The molecule has 0 amide bonds. The quantitative estimate of drug-likeness (QED) is 0.779. The standard InChI is InChI=1S/C15H22ClNO2/c16-13-7-3-2-6-12(13)14(19)10-17-15(11-18)8-4-1-5-9-15/h2-3,6-7,14,17-19H,1,4-5,8-11H2. The molecule has 1 aromatic rings. The average Bonchev–Trinajstić information content (AvgIpc) is 2.46. The summed E-state index contributed by atoms with van der Waals surface area (Å²) < 4.78 is 0. The van der Waals surface area contributed by atoms with Crippen LogP contribution < -0.4 is 5.32 Å². The van der Waals surface area contributed by atoms with Gasteiger partial charge in [0.2, 0.25) is 0 Å². The van der Waals surface area contributed by atoms with E-state index in [0.29, 0.717) is 11.6 Å². The van der Waals surface area contributed by atoms with Crippen molar-refractivity contribution in [3.05, 3.63) is 34.9 Å². The first-order valence-electron chi connectivity index (χ1n) is 6.95. The van der Waals surface area contributed by atoms with Crippen LogP contribution in [0, 0.1) is 0 Å². The van der Waals surface area contributed by atoms with Gasteiger partial charge in [-0.1, -0.05) is 49.1 Å². The summed E-state index contributed by atoms with van der Waals surface area (Å²) in [6.07, 6.45) is 4.80. The lowest BCUT2D eigenvalue weighted by Gasteiger charge is -2.37. The number of benzene rings is 1. The molecule has 1 saturated carbocycles. The van der Waals surface area contributed by atoms with E-state index in [-0.39, 0.29) is 12.1 Å². The van der Waals surface area contributed by atoms with Gasteiger partial charge in [0.05, 0.1) is 12.7 Å².